The van der Waals surface area contributed by atoms with Gasteiger partial charge in [-0.3, -0.25) is 4.79 Å². The second-order valence-electron chi connectivity index (χ2n) is 4.86. The van der Waals surface area contributed by atoms with Crippen LogP contribution in [0.2, 0.25) is 0 Å². The maximum atomic E-state index is 12.0. The van der Waals surface area contributed by atoms with Crippen LogP contribution in [-0.4, -0.2) is 36.7 Å². The minimum absolute atomic E-state index is 0. The molecule has 1 fully saturated rings. The highest BCUT2D eigenvalue weighted by Crippen LogP contribution is 2.23. The standard InChI is InChI=1S/C15H17N3O2S.ClH/c19-14(9-13-10-16-5-7-20-13)18-12-3-1-11(2-4-12)15-17-6-8-21-15;/h1-4,6,8,13,16H,5,7,9-10H2,(H,18,19);1H. The summed E-state index contributed by atoms with van der Waals surface area (Å²) in [6, 6.07) is 7.73. The predicted molar refractivity (Wildman–Crippen MR) is 90.7 cm³/mol. The molecule has 7 heteroatoms. The lowest BCUT2D eigenvalue weighted by atomic mass is 10.2. The molecule has 2 N–H and O–H groups in total. The van der Waals surface area contributed by atoms with Crippen molar-refractivity contribution in [1.29, 1.82) is 0 Å². The Morgan fingerprint density at radius 1 is 1.41 bits per heavy atom. The second kappa shape index (κ2) is 8.24. The van der Waals surface area contributed by atoms with E-state index < -0.39 is 0 Å². The van der Waals surface area contributed by atoms with Crippen molar-refractivity contribution in [3.8, 4) is 10.6 Å². The number of morpholine rings is 1. The number of carbonyl (C=O) groups is 1. The molecule has 1 amide bonds. The molecule has 0 bridgehead atoms. The van der Waals surface area contributed by atoms with Gasteiger partial charge in [0.2, 0.25) is 5.91 Å². The van der Waals surface area contributed by atoms with Crippen LogP contribution in [0.25, 0.3) is 10.6 Å². The van der Waals surface area contributed by atoms with Gasteiger partial charge in [-0.15, -0.1) is 23.7 Å². The Morgan fingerprint density at radius 2 is 2.23 bits per heavy atom. The molecule has 1 aliphatic heterocycles. The van der Waals surface area contributed by atoms with E-state index in [4.69, 9.17) is 4.74 Å². The fourth-order valence-electron chi connectivity index (χ4n) is 2.23. The number of hydrogen-bond donors (Lipinski definition) is 2. The van der Waals surface area contributed by atoms with Gasteiger partial charge in [-0.25, -0.2) is 4.98 Å². The van der Waals surface area contributed by atoms with Gasteiger partial charge in [0.15, 0.2) is 0 Å². The van der Waals surface area contributed by atoms with Gasteiger partial charge >= 0.3 is 0 Å². The van der Waals surface area contributed by atoms with Crippen LogP contribution in [0.3, 0.4) is 0 Å². The molecule has 3 rings (SSSR count). The molecule has 22 heavy (non-hydrogen) atoms. The van der Waals surface area contributed by atoms with Crippen molar-refractivity contribution < 1.29 is 9.53 Å². The molecular formula is C15H18ClN3O2S. The SMILES string of the molecule is Cl.O=C(CC1CNCCO1)Nc1ccc(-c2nccs2)cc1. The highest BCUT2D eigenvalue weighted by Gasteiger charge is 2.17. The summed E-state index contributed by atoms with van der Waals surface area (Å²) >= 11 is 1.60. The van der Waals surface area contributed by atoms with Crippen LogP contribution in [0.1, 0.15) is 6.42 Å². The average molecular weight is 340 g/mol. The summed E-state index contributed by atoms with van der Waals surface area (Å²) in [5, 5.41) is 9.04. The van der Waals surface area contributed by atoms with E-state index in [1.165, 1.54) is 0 Å². The van der Waals surface area contributed by atoms with Gasteiger partial charge in [-0.1, -0.05) is 0 Å². The fraction of sp³-hybridized carbons (Fsp3) is 0.333. The van der Waals surface area contributed by atoms with Gasteiger partial charge < -0.3 is 15.4 Å². The van der Waals surface area contributed by atoms with Crippen molar-refractivity contribution in [2.45, 2.75) is 12.5 Å². The van der Waals surface area contributed by atoms with Crippen molar-refractivity contribution in [3.63, 3.8) is 0 Å². The minimum Gasteiger partial charge on any atom is -0.375 e. The number of halogens is 1. The average Bonchev–Trinajstić information content (AvgIpc) is 3.03. The first kappa shape index (κ1) is 16.9. The lowest BCUT2D eigenvalue weighted by Gasteiger charge is -2.23. The Morgan fingerprint density at radius 3 is 2.86 bits per heavy atom. The molecule has 1 unspecified atom stereocenters. The number of nitrogens with one attached hydrogen (secondary N) is 2. The third-order valence-corrected chi connectivity index (χ3v) is 4.09. The van der Waals surface area contributed by atoms with Gasteiger partial charge in [0, 0.05) is 35.9 Å². The van der Waals surface area contributed by atoms with Crippen LogP contribution in [0, 0.1) is 0 Å². The minimum atomic E-state index is -0.0339. The topological polar surface area (TPSA) is 63.2 Å². The van der Waals surface area contributed by atoms with E-state index in [0.717, 1.165) is 29.3 Å². The molecule has 2 heterocycles. The van der Waals surface area contributed by atoms with Gasteiger partial charge in [0.1, 0.15) is 5.01 Å². The molecule has 0 saturated carbocycles. The first-order valence-corrected chi connectivity index (χ1v) is 7.81. The van der Waals surface area contributed by atoms with Crippen LogP contribution in [0.4, 0.5) is 5.69 Å². The van der Waals surface area contributed by atoms with Crippen molar-refractivity contribution >= 4 is 35.3 Å². The lowest BCUT2D eigenvalue weighted by molar-refractivity contribution is -0.119. The van der Waals surface area contributed by atoms with Crippen LogP contribution < -0.4 is 10.6 Å². The van der Waals surface area contributed by atoms with Gasteiger partial charge in [-0.2, -0.15) is 0 Å². The number of aromatic nitrogens is 1. The zero-order valence-corrected chi connectivity index (χ0v) is 13.6. The molecule has 0 radical (unpaired) electrons. The number of thiazole rings is 1. The Hall–Kier alpha value is -1.47. The zero-order chi connectivity index (χ0) is 14.5. The number of rotatable bonds is 4. The Bertz CT molecular complexity index is 583. The number of hydrogen-bond acceptors (Lipinski definition) is 5. The summed E-state index contributed by atoms with van der Waals surface area (Å²) in [5.41, 5.74) is 1.85. The number of amides is 1. The quantitative estimate of drug-likeness (QED) is 0.898. The van der Waals surface area contributed by atoms with E-state index in [1.54, 1.807) is 17.5 Å². The number of benzene rings is 1. The second-order valence-corrected chi connectivity index (χ2v) is 5.76. The third kappa shape index (κ3) is 4.51. The summed E-state index contributed by atoms with van der Waals surface area (Å²) in [6.07, 6.45) is 2.13. The molecule has 1 aliphatic rings. The number of nitrogens with zero attached hydrogens (tertiary/aromatic N) is 1. The first-order chi connectivity index (χ1) is 10.3. The summed E-state index contributed by atoms with van der Waals surface area (Å²) in [4.78, 5) is 16.2. The molecule has 1 aromatic carbocycles. The molecule has 1 aromatic heterocycles. The normalized spacial score (nSPS) is 17.5. The third-order valence-electron chi connectivity index (χ3n) is 3.27. The van der Waals surface area contributed by atoms with E-state index in [9.17, 15) is 4.79 Å². The van der Waals surface area contributed by atoms with E-state index >= 15 is 0 Å². The van der Waals surface area contributed by atoms with E-state index in [-0.39, 0.29) is 24.4 Å². The summed E-state index contributed by atoms with van der Waals surface area (Å²) in [7, 11) is 0. The fourth-order valence-corrected chi connectivity index (χ4v) is 2.88. The van der Waals surface area contributed by atoms with Crippen molar-refractivity contribution in [1.82, 2.24) is 10.3 Å². The summed E-state index contributed by atoms with van der Waals surface area (Å²) < 4.78 is 5.52. The van der Waals surface area contributed by atoms with Crippen LogP contribution in [0.15, 0.2) is 35.8 Å². The van der Waals surface area contributed by atoms with Gasteiger partial charge in [-0.05, 0) is 24.3 Å². The monoisotopic (exact) mass is 339 g/mol. The largest absolute Gasteiger partial charge is 0.375 e. The maximum Gasteiger partial charge on any atom is 0.227 e. The number of carbonyl (C=O) groups excluding carboxylic acids is 1. The molecular weight excluding hydrogens is 322 g/mol. The highest BCUT2D eigenvalue weighted by atomic mass is 35.5. The smallest absolute Gasteiger partial charge is 0.227 e. The van der Waals surface area contributed by atoms with Crippen molar-refractivity contribution in [2.75, 3.05) is 25.0 Å². The summed E-state index contributed by atoms with van der Waals surface area (Å²) in [6.45, 7) is 2.26. The lowest BCUT2D eigenvalue weighted by Crippen LogP contribution is -2.40. The van der Waals surface area contributed by atoms with E-state index in [1.807, 2.05) is 29.6 Å². The van der Waals surface area contributed by atoms with Crippen molar-refractivity contribution in [2.24, 2.45) is 0 Å². The molecule has 1 saturated heterocycles. The Balaban J connectivity index is 0.00000176. The van der Waals surface area contributed by atoms with Gasteiger partial charge in [0.25, 0.3) is 0 Å². The predicted octanol–water partition coefficient (Wildman–Crippen LogP) is 2.55. The van der Waals surface area contributed by atoms with Crippen LogP contribution >= 0.6 is 23.7 Å². The molecule has 2 aromatic rings. The molecule has 0 spiro atoms. The summed E-state index contributed by atoms with van der Waals surface area (Å²) in [5.74, 6) is -0.0225. The maximum absolute atomic E-state index is 12.0. The molecule has 0 aliphatic carbocycles. The van der Waals surface area contributed by atoms with E-state index in [0.29, 0.717) is 13.0 Å². The number of anilines is 1. The molecule has 5 nitrogen and oxygen atoms in total. The van der Waals surface area contributed by atoms with Gasteiger partial charge in [0.05, 0.1) is 19.1 Å². The first-order valence-electron chi connectivity index (χ1n) is 6.93. The molecule has 1 atom stereocenters. The molecule has 118 valence electrons. The number of ether oxygens (including phenoxy) is 1. The van der Waals surface area contributed by atoms with Crippen LogP contribution in [0.5, 0.6) is 0 Å². The Kier molecular flexibility index (Phi) is 6.33. The highest BCUT2D eigenvalue weighted by molar-refractivity contribution is 7.13. The zero-order valence-electron chi connectivity index (χ0n) is 12.0. The van der Waals surface area contributed by atoms with Crippen LogP contribution in [-0.2, 0) is 9.53 Å². The van der Waals surface area contributed by atoms with E-state index in [2.05, 4.69) is 15.6 Å². The Labute approximate surface area is 139 Å². The van der Waals surface area contributed by atoms with Crippen molar-refractivity contribution in [3.05, 3.63) is 35.8 Å².